The smallest absolute Gasteiger partial charge is 0.222 e. The molecule has 1 heterocycles. The van der Waals surface area contributed by atoms with Crippen molar-refractivity contribution in [3.63, 3.8) is 0 Å². The van der Waals surface area contributed by atoms with Gasteiger partial charge in [-0.2, -0.15) is 0 Å². The lowest BCUT2D eigenvalue weighted by Gasteiger charge is -2.38. The number of methoxy groups -OCH3 is 1. The summed E-state index contributed by atoms with van der Waals surface area (Å²) >= 11 is 3.50. The van der Waals surface area contributed by atoms with Crippen molar-refractivity contribution in [1.82, 2.24) is 9.80 Å². The lowest BCUT2D eigenvalue weighted by atomic mass is 10.1. The maximum atomic E-state index is 12.5. The van der Waals surface area contributed by atoms with Crippen molar-refractivity contribution in [1.29, 1.82) is 0 Å². The molecule has 0 bridgehead atoms. The largest absolute Gasteiger partial charge is 0.496 e. The average Bonchev–Trinajstić information content (AvgIpc) is 3.14. The number of hydrogen-bond donors (Lipinski definition) is 0. The lowest BCUT2D eigenvalue weighted by molar-refractivity contribution is -0.133. The van der Waals surface area contributed by atoms with Crippen LogP contribution in [0.3, 0.4) is 0 Å². The summed E-state index contributed by atoms with van der Waals surface area (Å²) in [4.78, 5) is 17.1. The molecular weight excluding hydrogens is 368 g/mol. The molecule has 1 aromatic carbocycles. The first kappa shape index (κ1) is 17.7. The van der Waals surface area contributed by atoms with E-state index in [1.165, 1.54) is 31.2 Å². The van der Waals surface area contributed by atoms with Crippen molar-refractivity contribution in [2.24, 2.45) is 0 Å². The predicted molar refractivity (Wildman–Crippen MR) is 99.4 cm³/mol. The Labute approximate surface area is 153 Å². The molecule has 4 nitrogen and oxygen atoms in total. The molecule has 0 N–H and O–H groups in total. The van der Waals surface area contributed by atoms with Crippen molar-refractivity contribution in [3.05, 3.63) is 28.2 Å². The molecule has 0 atom stereocenters. The molecule has 0 radical (unpaired) electrons. The molecule has 1 aliphatic carbocycles. The van der Waals surface area contributed by atoms with Gasteiger partial charge in [0.05, 0.1) is 11.6 Å². The topological polar surface area (TPSA) is 32.8 Å². The number of nitrogens with zero attached hydrogens (tertiary/aromatic N) is 2. The molecule has 1 saturated carbocycles. The van der Waals surface area contributed by atoms with Gasteiger partial charge in [-0.25, -0.2) is 0 Å². The molecule has 0 unspecified atom stereocenters. The monoisotopic (exact) mass is 394 g/mol. The van der Waals surface area contributed by atoms with Crippen LogP contribution in [-0.4, -0.2) is 55.0 Å². The van der Waals surface area contributed by atoms with Gasteiger partial charge in [0.25, 0.3) is 0 Å². The van der Waals surface area contributed by atoms with E-state index in [9.17, 15) is 4.79 Å². The van der Waals surface area contributed by atoms with E-state index in [0.29, 0.717) is 6.42 Å². The summed E-state index contributed by atoms with van der Waals surface area (Å²) in [5, 5.41) is 0. The molecule has 1 aromatic rings. The molecule has 2 aliphatic rings. The van der Waals surface area contributed by atoms with E-state index >= 15 is 0 Å². The molecule has 2 fully saturated rings. The van der Waals surface area contributed by atoms with E-state index in [1.54, 1.807) is 7.11 Å². The van der Waals surface area contributed by atoms with Crippen LogP contribution in [0.4, 0.5) is 0 Å². The van der Waals surface area contributed by atoms with Crippen molar-refractivity contribution in [3.8, 4) is 5.75 Å². The summed E-state index contributed by atoms with van der Waals surface area (Å²) in [6.45, 7) is 3.87. The van der Waals surface area contributed by atoms with E-state index < -0.39 is 0 Å². The van der Waals surface area contributed by atoms with E-state index in [1.807, 2.05) is 23.1 Å². The van der Waals surface area contributed by atoms with Crippen molar-refractivity contribution >= 4 is 21.8 Å². The number of amides is 1. The molecule has 1 amide bonds. The third-order valence-corrected chi connectivity index (χ3v) is 5.97. The number of benzene rings is 1. The molecule has 24 heavy (non-hydrogen) atoms. The Hall–Kier alpha value is -1.07. The van der Waals surface area contributed by atoms with Crippen LogP contribution in [-0.2, 0) is 11.2 Å². The Kier molecular flexibility index (Phi) is 6.17. The SMILES string of the molecule is COc1ccc(CCC(=O)N2CCN(C3CCCC3)CC2)cc1Br. The Morgan fingerprint density at radius 3 is 2.54 bits per heavy atom. The van der Waals surface area contributed by atoms with Gasteiger partial charge in [0.2, 0.25) is 5.91 Å². The highest BCUT2D eigenvalue weighted by molar-refractivity contribution is 9.10. The predicted octanol–water partition coefficient (Wildman–Crippen LogP) is 3.48. The first-order chi connectivity index (χ1) is 11.7. The number of piperazine rings is 1. The molecule has 132 valence electrons. The second-order valence-electron chi connectivity index (χ2n) is 6.82. The van der Waals surface area contributed by atoms with Gasteiger partial charge in [0.15, 0.2) is 0 Å². The van der Waals surface area contributed by atoms with Crippen molar-refractivity contribution < 1.29 is 9.53 Å². The van der Waals surface area contributed by atoms with E-state index in [4.69, 9.17) is 4.74 Å². The molecule has 3 rings (SSSR count). The minimum Gasteiger partial charge on any atom is -0.496 e. The first-order valence-electron chi connectivity index (χ1n) is 9.01. The molecule has 1 saturated heterocycles. The van der Waals surface area contributed by atoms with Crippen LogP contribution in [0.2, 0.25) is 0 Å². The minimum absolute atomic E-state index is 0.285. The third kappa shape index (κ3) is 4.31. The molecule has 5 heteroatoms. The summed E-state index contributed by atoms with van der Waals surface area (Å²) in [6, 6.07) is 6.81. The second kappa shape index (κ2) is 8.34. The minimum atomic E-state index is 0.285. The van der Waals surface area contributed by atoms with Crippen LogP contribution in [0.5, 0.6) is 5.75 Å². The van der Waals surface area contributed by atoms with Crippen molar-refractivity contribution in [2.45, 2.75) is 44.6 Å². The lowest BCUT2D eigenvalue weighted by Crippen LogP contribution is -2.51. The average molecular weight is 395 g/mol. The fraction of sp³-hybridized carbons (Fsp3) is 0.632. The zero-order valence-electron chi connectivity index (χ0n) is 14.5. The Morgan fingerprint density at radius 1 is 1.21 bits per heavy atom. The van der Waals surface area contributed by atoms with Gasteiger partial charge in [0.1, 0.15) is 5.75 Å². The summed E-state index contributed by atoms with van der Waals surface area (Å²) < 4.78 is 6.19. The zero-order chi connectivity index (χ0) is 16.9. The summed E-state index contributed by atoms with van der Waals surface area (Å²) in [5.74, 6) is 1.11. The third-order valence-electron chi connectivity index (χ3n) is 5.35. The summed E-state index contributed by atoms with van der Waals surface area (Å²) in [7, 11) is 1.66. The fourth-order valence-corrected chi connectivity index (χ4v) is 4.47. The van der Waals surface area contributed by atoms with Crippen LogP contribution in [0.1, 0.15) is 37.7 Å². The number of ether oxygens (including phenoxy) is 1. The van der Waals surface area contributed by atoms with Crippen LogP contribution in [0.25, 0.3) is 0 Å². The fourth-order valence-electron chi connectivity index (χ4n) is 3.88. The van der Waals surface area contributed by atoms with E-state index in [-0.39, 0.29) is 5.91 Å². The number of rotatable bonds is 5. The molecule has 0 aromatic heterocycles. The number of carbonyl (C=O) groups is 1. The van der Waals surface area contributed by atoms with Crippen LogP contribution in [0.15, 0.2) is 22.7 Å². The van der Waals surface area contributed by atoms with Gasteiger partial charge in [-0.05, 0) is 52.9 Å². The highest BCUT2D eigenvalue weighted by Gasteiger charge is 2.27. The normalized spacial score (nSPS) is 19.7. The highest BCUT2D eigenvalue weighted by atomic mass is 79.9. The van der Waals surface area contributed by atoms with Crippen molar-refractivity contribution in [2.75, 3.05) is 33.3 Å². The second-order valence-corrected chi connectivity index (χ2v) is 7.68. The zero-order valence-corrected chi connectivity index (χ0v) is 16.1. The Morgan fingerprint density at radius 2 is 1.92 bits per heavy atom. The van der Waals surface area contributed by atoms with Crippen LogP contribution >= 0.6 is 15.9 Å². The highest BCUT2D eigenvalue weighted by Crippen LogP contribution is 2.26. The van der Waals surface area contributed by atoms with Gasteiger partial charge < -0.3 is 9.64 Å². The van der Waals surface area contributed by atoms with Gasteiger partial charge in [-0.1, -0.05) is 18.9 Å². The maximum Gasteiger partial charge on any atom is 0.222 e. The quantitative estimate of drug-likeness (QED) is 0.766. The summed E-state index contributed by atoms with van der Waals surface area (Å²) in [6.07, 6.45) is 6.81. The van der Waals surface area contributed by atoms with E-state index in [2.05, 4.69) is 20.8 Å². The standard InChI is InChI=1S/C19H27BrN2O2/c1-24-18-8-6-15(14-17(18)20)7-9-19(23)22-12-10-21(11-13-22)16-4-2-3-5-16/h6,8,14,16H,2-5,7,9-13H2,1H3. The van der Waals surface area contributed by atoms with Crippen LogP contribution in [0, 0.1) is 0 Å². The van der Waals surface area contributed by atoms with Gasteiger partial charge in [0, 0.05) is 38.6 Å². The molecule has 1 aliphatic heterocycles. The van der Waals surface area contributed by atoms with E-state index in [0.717, 1.165) is 48.9 Å². The number of carbonyl (C=O) groups excluding carboxylic acids is 1. The number of halogens is 1. The summed E-state index contributed by atoms with van der Waals surface area (Å²) in [5.41, 5.74) is 1.17. The number of aryl methyl sites for hydroxylation is 1. The van der Waals surface area contributed by atoms with Crippen LogP contribution < -0.4 is 4.74 Å². The molecular formula is C19H27BrN2O2. The van der Waals surface area contributed by atoms with Gasteiger partial charge >= 0.3 is 0 Å². The Balaban J connectivity index is 1.45. The van der Waals surface area contributed by atoms with Gasteiger partial charge in [-0.15, -0.1) is 0 Å². The molecule has 0 spiro atoms. The maximum absolute atomic E-state index is 12.5. The van der Waals surface area contributed by atoms with Gasteiger partial charge in [-0.3, -0.25) is 9.69 Å². The Bertz CT molecular complexity index is 564. The number of hydrogen-bond acceptors (Lipinski definition) is 3. The first-order valence-corrected chi connectivity index (χ1v) is 9.81.